The van der Waals surface area contributed by atoms with Crippen LogP contribution in [0.2, 0.25) is 0 Å². The van der Waals surface area contributed by atoms with Crippen molar-refractivity contribution in [1.82, 2.24) is 0 Å². The van der Waals surface area contributed by atoms with Crippen LogP contribution in [0, 0.1) is 0 Å². The van der Waals surface area contributed by atoms with E-state index in [1.165, 1.54) is 38.5 Å². The number of carboxylic acids is 1. The maximum atomic E-state index is 10.3. The molecule has 3 nitrogen and oxygen atoms in total. The summed E-state index contributed by atoms with van der Waals surface area (Å²) in [6.07, 6.45) is 15.0. The quantitative estimate of drug-likeness (QED) is 0.387. The minimum Gasteiger partial charge on any atom is -0.481 e. The Bertz CT molecular complexity index is 236. The van der Waals surface area contributed by atoms with Crippen LogP contribution in [-0.4, -0.2) is 22.3 Å². The lowest BCUT2D eigenvalue weighted by Gasteiger charge is -2.06. The molecule has 0 saturated carbocycles. The monoisotopic (exact) mass is 270 g/mol. The van der Waals surface area contributed by atoms with Crippen LogP contribution in [0.1, 0.15) is 77.6 Å². The lowest BCUT2D eigenvalue weighted by atomic mass is 10.1. The molecule has 1 unspecified atom stereocenters. The summed E-state index contributed by atoms with van der Waals surface area (Å²) < 4.78 is 0. The van der Waals surface area contributed by atoms with Crippen molar-refractivity contribution in [3.8, 4) is 0 Å². The minimum atomic E-state index is -0.916. The summed E-state index contributed by atoms with van der Waals surface area (Å²) in [5, 5.41) is 17.9. The van der Waals surface area contributed by atoms with E-state index in [0.717, 1.165) is 19.3 Å². The van der Waals surface area contributed by atoms with Gasteiger partial charge in [0.2, 0.25) is 0 Å². The molecule has 0 bridgehead atoms. The molecule has 19 heavy (non-hydrogen) atoms. The van der Waals surface area contributed by atoms with Gasteiger partial charge < -0.3 is 10.2 Å². The fraction of sp³-hybridized carbons (Fsp3) is 0.812. The largest absolute Gasteiger partial charge is 0.481 e. The zero-order chi connectivity index (χ0) is 14.3. The molecule has 0 aromatic carbocycles. The second kappa shape index (κ2) is 13.6. The molecular weight excluding hydrogens is 240 g/mol. The molecule has 0 aromatic heterocycles. The zero-order valence-electron chi connectivity index (χ0n) is 12.3. The number of aliphatic hydroxyl groups is 1. The molecule has 0 aliphatic rings. The first-order valence-corrected chi connectivity index (χ1v) is 7.71. The number of rotatable bonds is 13. The molecule has 112 valence electrons. The highest BCUT2D eigenvalue weighted by Crippen LogP contribution is 2.10. The van der Waals surface area contributed by atoms with E-state index in [0.29, 0.717) is 6.42 Å². The lowest BCUT2D eigenvalue weighted by Crippen LogP contribution is -2.12. The summed E-state index contributed by atoms with van der Waals surface area (Å²) in [6.45, 7) is 2.22. The van der Waals surface area contributed by atoms with E-state index >= 15 is 0 Å². The smallest absolute Gasteiger partial charge is 0.305 e. The molecule has 0 amide bonds. The van der Waals surface area contributed by atoms with Gasteiger partial charge in [0.05, 0.1) is 12.5 Å². The van der Waals surface area contributed by atoms with Crippen molar-refractivity contribution >= 4 is 5.97 Å². The maximum Gasteiger partial charge on any atom is 0.305 e. The molecule has 0 radical (unpaired) electrons. The molecule has 0 heterocycles. The van der Waals surface area contributed by atoms with Gasteiger partial charge in [-0.05, 0) is 32.1 Å². The third kappa shape index (κ3) is 15.1. The molecule has 0 aliphatic heterocycles. The summed E-state index contributed by atoms with van der Waals surface area (Å²) >= 11 is 0. The molecule has 0 rings (SSSR count). The van der Waals surface area contributed by atoms with Crippen molar-refractivity contribution in [1.29, 1.82) is 0 Å². The highest BCUT2D eigenvalue weighted by Gasteiger charge is 2.08. The van der Waals surface area contributed by atoms with Crippen LogP contribution < -0.4 is 0 Å². The van der Waals surface area contributed by atoms with Crippen LogP contribution in [0.15, 0.2) is 12.2 Å². The molecule has 0 spiro atoms. The van der Waals surface area contributed by atoms with Crippen molar-refractivity contribution in [2.45, 2.75) is 83.7 Å². The molecule has 0 saturated heterocycles. The fourth-order valence-corrected chi connectivity index (χ4v) is 2.05. The summed E-state index contributed by atoms with van der Waals surface area (Å²) in [7, 11) is 0. The molecular formula is C16H30O3. The Morgan fingerprint density at radius 3 is 2.16 bits per heavy atom. The molecule has 0 aliphatic carbocycles. The number of allylic oxidation sites excluding steroid dienone is 2. The van der Waals surface area contributed by atoms with Crippen molar-refractivity contribution in [3.63, 3.8) is 0 Å². The molecule has 3 heteroatoms. The summed E-state index contributed by atoms with van der Waals surface area (Å²) in [6, 6.07) is 0. The summed E-state index contributed by atoms with van der Waals surface area (Å²) in [4.78, 5) is 10.3. The van der Waals surface area contributed by atoms with Gasteiger partial charge in [-0.1, -0.05) is 51.2 Å². The van der Waals surface area contributed by atoms with E-state index in [1.54, 1.807) is 0 Å². The van der Waals surface area contributed by atoms with E-state index in [4.69, 9.17) is 5.11 Å². The van der Waals surface area contributed by atoms with Crippen molar-refractivity contribution in [3.05, 3.63) is 12.2 Å². The average molecular weight is 270 g/mol. The fourth-order valence-electron chi connectivity index (χ4n) is 2.05. The summed E-state index contributed by atoms with van der Waals surface area (Å²) in [5.41, 5.74) is 0. The predicted molar refractivity (Wildman–Crippen MR) is 79.2 cm³/mol. The second-order valence-corrected chi connectivity index (χ2v) is 5.21. The normalized spacial score (nSPS) is 12.9. The topological polar surface area (TPSA) is 57.5 Å². The van der Waals surface area contributed by atoms with Crippen LogP contribution in [0.4, 0.5) is 0 Å². The van der Waals surface area contributed by atoms with Gasteiger partial charge in [0.1, 0.15) is 0 Å². The van der Waals surface area contributed by atoms with Gasteiger partial charge in [-0.3, -0.25) is 4.79 Å². The Balaban J connectivity index is 3.20. The van der Waals surface area contributed by atoms with Gasteiger partial charge in [-0.25, -0.2) is 0 Å². The van der Waals surface area contributed by atoms with Crippen LogP contribution in [0.25, 0.3) is 0 Å². The Morgan fingerprint density at radius 1 is 1.00 bits per heavy atom. The van der Waals surface area contributed by atoms with Crippen LogP contribution in [-0.2, 0) is 4.79 Å². The minimum absolute atomic E-state index is 0.125. The van der Waals surface area contributed by atoms with Gasteiger partial charge in [0, 0.05) is 0 Å². The van der Waals surface area contributed by atoms with Crippen LogP contribution >= 0.6 is 0 Å². The number of aliphatic hydroxyl groups excluding tert-OH is 1. The van der Waals surface area contributed by atoms with Gasteiger partial charge >= 0.3 is 5.97 Å². The van der Waals surface area contributed by atoms with E-state index in [9.17, 15) is 9.90 Å². The number of unbranched alkanes of at least 4 members (excludes halogenated alkanes) is 7. The number of hydrogen-bond acceptors (Lipinski definition) is 2. The highest BCUT2D eigenvalue weighted by molar-refractivity contribution is 5.67. The molecule has 2 N–H and O–H groups in total. The van der Waals surface area contributed by atoms with Gasteiger partial charge in [-0.15, -0.1) is 0 Å². The third-order valence-electron chi connectivity index (χ3n) is 3.21. The zero-order valence-corrected chi connectivity index (χ0v) is 12.3. The number of carbonyl (C=O) groups is 1. The molecule has 0 fully saturated rings. The van der Waals surface area contributed by atoms with Gasteiger partial charge in [-0.2, -0.15) is 0 Å². The second-order valence-electron chi connectivity index (χ2n) is 5.21. The van der Waals surface area contributed by atoms with Crippen LogP contribution in [0.5, 0.6) is 0 Å². The number of aliphatic carboxylic acids is 1. The average Bonchev–Trinajstić information content (AvgIpc) is 2.35. The Labute approximate surface area is 117 Å². The number of hydrogen-bond donors (Lipinski definition) is 2. The molecule has 0 aromatic rings. The first-order chi connectivity index (χ1) is 9.16. The predicted octanol–water partition coefficient (Wildman–Crippen LogP) is 4.30. The van der Waals surface area contributed by atoms with Crippen molar-refractivity contribution in [2.24, 2.45) is 0 Å². The standard InChI is InChI=1S/C16H30O3/c1-2-3-4-5-6-7-8-9-10-11-12-13-15(17)14-16(18)19/h6-7,15,17H,2-5,8-14H2,1H3,(H,18,19)/b7-6-. The first-order valence-electron chi connectivity index (χ1n) is 7.71. The van der Waals surface area contributed by atoms with Gasteiger partial charge in [0.15, 0.2) is 0 Å². The maximum absolute atomic E-state index is 10.3. The Kier molecular flexibility index (Phi) is 13.0. The van der Waals surface area contributed by atoms with Gasteiger partial charge in [0.25, 0.3) is 0 Å². The van der Waals surface area contributed by atoms with E-state index in [-0.39, 0.29) is 6.42 Å². The van der Waals surface area contributed by atoms with Crippen molar-refractivity contribution in [2.75, 3.05) is 0 Å². The summed E-state index contributed by atoms with van der Waals surface area (Å²) in [5.74, 6) is -0.916. The SMILES string of the molecule is CCCCC/C=C\CCCCCCC(O)CC(=O)O. The first kappa shape index (κ1) is 18.2. The lowest BCUT2D eigenvalue weighted by molar-refractivity contribution is -0.139. The van der Waals surface area contributed by atoms with E-state index < -0.39 is 12.1 Å². The number of carboxylic acid groups (broad SMARTS) is 1. The third-order valence-corrected chi connectivity index (χ3v) is 3.21. The Hall–Kier alpha value is -0.830. The Morgan fingerprint density at radius 2 is 1.58 bits per heavy atom. The van der Waals surface area contributed by atoms with Crippen LogP contribution in [0.3, 0.4) is 0 Å². The molecule has 1 atom stereocenters. The highest BCUT2D eigenvalue weighted by atomic mass is 16.4. The van der Waals surface area contributed by atoms with Crippen molar-refractivity contribution < 1.29 is 15.0 Å². The van der Waals surface area contributed by atoms with E-state index in [1.807, 2.05) is 0 Å². The van der Waals surface area contributed by atoms with E-state index in [2.05, 4.69) is 19.1 Å².